The van der Waals surface area contributed by atoms with E-state index in [1.54, 1.807) is 13.8 Å². The Hall–Kier alpha value is -1.59. The third-order valence-corrected chi connectivity index (χ3v) is 3.42. The fraction of sp³-hybridized carbons (Fsp3) is 0.769. The van der Waals surface area contributed by atoms with Crippen LogP contribution in [0, 0.1) is 17.8 Å². The van der Waals surface area contributed by atoms with Crippen molar-refractivity contribution in [2.45, 2.75) is 33.1 Å². The molecule has 0 bridgehead atoms. The summed E-state index contributed by atoms with van der Waals surface area (Å²) in [7, 11) is 0. The van der Waals surface area contributed by atoms with Gasteiger partial charge in [-0.25, -0.2) is 0 Å². The number of carboxylic acids is 1. The Labute approximate surface area is 112 Å². The van der Waals surface area contributed by atoms with Gasteiger partial charge in [0, 0.05) is 19.0 Å². The zero-order valence-corrected chi connectivity index (χ0v) is 11.4. The normalized spacial score (nSPS) is 22.3. The van der Waals surface area contributed by atoms with Crippen LogP contribution in [0.5, 0.6) is 0 Å². The number of hydrogen-bond acceptors (Lipinski definition) is 3. The third-order valence-electron chi connectivity index (χ3n) is 3.42. The van der Waals surface area contributed by atoms with Crippen molar-refractivity contribution in [3.63, 3.8) is 0 Å². The molecular weight excluding hydrogens is 248 g/mol. The summed E-state index contributed by atoms with van der Waals surface area (Å²) in [5.74, 6) is -2.25. The summed E-state index contributed by atoms with van der Waals surface area (Å²) in [6.45, 7) is 4.29. The third kappa shape index (κ3) is 4.54. The van der Waals surface area contributed by atoms with Crippen molar-refractivity contribution in [2.75, 3.05) is 13.1 Å². The predicted octanol–water partition coefficient (Wildman–Crippen LogP) is 0.376. The van der Waals surface area contributed by atoms with Crippen LogP contribution in [0.25, 0.3) is 0 Å². The Morgan fingerprint density at radius 3 is 2.26 bits per heavy atom. The van der Waals surface area contributed by atoms with Crippen LogP contribution in [0.1, 0.15) is 33.1 Å². The van der Waals surface area contributed by atoms with Crippen molar-refractivity contribution in [2.24, 2.45) is 17.8 Å². The quantitative estimate of drug-likeness (QED) is 0.608. The van der Waals surface area contributed by atoms with Gasteiger partial charge in [0.15, 0.2) is 0 Å². The van der Waals surface area contributed by atoms with Gasteiger partial charge in [0.05, 0.1) is 11.8 Å². The van der Waals surface area contributed by atoms with Crippen molar-refractivity contribution in [1.82, 2.24) is 10.6 Å². The summed E-state index contributed by atoms with van der Waals surface area (Å²) < 4.78 is 0. The first-order valence-electron chi connectivity index (χ1n) is 6.71. The molecule has 0 radical (unpaired) electrons. The summed E-state index contributed by atoms with van der Waals surface area (Å²) in [4.78, 5) is 34.1. The minimum atomic E-state index is -0.897. The number of hydrogen-bond donors (Lipinski definition) is 3. The fourth-order valence-electron chi connectivity index (χ4n) is 2.28. The van der Waals surface area contributed by atoms with E-state index in [1.165, 1.54) is 0 Å². The first-order valence-corrected chi connectivity index (χ1v) is 6.71. The van der Waals surface area contributed by atoms with Gasteiger partial charge in [-0.1, -0.05) is 20.3 Å². The summed E-state index contributed by atoms with van der Waals surface area (Å²) in [5.41, 5.74) is 0. The molecule has 0 aromatic carbocycles. The number of aliphatic carboxylic acids is 1. The summed E-state index contributed by atoms with van der Waals surface area (Å²) in [6, 6.07) is 0. The second-order valence-corrected chi connectivity index (χ2v) is 5.22. The van der Waals surface area contributed by atoms with Gasteiger partial charge in [0.25, 0.3) is 0 Å². The summed E-state index contributed by atoms with van der Waals surface area (Å²) in [6.07, 6.45) is 1.97. The molecule has 0 spiro atoms. The number of rotatable bonds is 6. The topological polar surface area (TPSA) is 95.5 Å². The molecule has 6 nitrogen and oxygen atoms in total. The number of carbonyl (C=O) groups excluding carboxylic acids is 2. The monoisotopic (exact) mass is 270 g/mol. The van der Waals surface area contributed by atoms with Crippen molar-refractivity contribution in [3.05, 3.63) is 0 Å². The molecule has 0 aromatic heterocycles. The summed E-state index contributed by atoms with van der Waals surface area (Å²) >= 11 is 0. The SMILES string of the molecule is CC(C)C(=O)NCCNC(=O)C1CCCC1C(=O)O. The van der Waals surface area contributed by atoms with Crippen LogP contribution in [0.2, 0.25) is 0 Å². The first-order chi connectivity index (χ1) is 8.93. The molecule has 1 saturated carbocycles. The summed E-state index contributed by atoms with van der Waals surface area (Å²) in [5, 5.41) is 14.4. The van der Waals surface area contributed by atoms with E-state index in [4.69, 9.17) is 5.11 Å². The molecule has 0 aliphatic heterocycles. The van der Waals surface area contributed by atoms with E-state index >= 15 is 0 Å². The first kappa shape index (κ1) is 15.5. The van der Waals surface area contributed by atoms with Gasteiger partial charge in [-0.15, -0.1) is 0 Å². The van der Waals surface area contributed by atoms with E-state index in [2.05, 4.69) is 10.6 Å². The maximum atomic E-state index is 11.9. The Morgan fingerprint density at radius 2 is 1.68 bits per heavy atom. The second kappa shape index (κ2) is 7.11. The lowest BCUT2D eigenvalue weighted by Gasteiger charge is -2.15. The molecule has 1 aliphatic rings. The van der Waals surface area contributed by atoms with Gasteiger partial charge in [0.2, 0.25) is 11.8 Å². The highest BCUT2D eigenvalue weighted by Crippen LogP contribution is 2.31. The smallest absolute Gasteiger partial charge is 0.307 e. The lowest BCUT2D eigenvalue weighted by atomic mass is 9.95. The van der Waals surface area contributed by atoms with Gasteiger partial charge in [-0.2, -0.15) is 0 Å². The van der Waals surface area contributed by atoms with Crippen molar-refractivity contribution in [3.8, 4) is 0 Å². The lowest BCUT2D eigenvalue weighted by molar-refractivity contribution is -0.146. The number of carboxylic acid groups (broad SMARTS) is 1. The number of nitrogens with one attached hydrogen (secondary N) is 2. The average Bonchev–Trinajstić information content (AvgIpc) is 2.83. The maximum Gasteiger partial charge on any atom is 0.307 e. The van der Waals surface area contributed by atoms with Crippen molar-refractivity contribution < 1.29 is 19.5 Å². The van der Waals surface area contributed by atoms with Crippen LogP contribution >= 0.6 is 0 Å². The molecule has 2 amide bonds. The minimum Gasteiger partial charge on any atom is -0.481 e. The Bertz CT molecular complexity index is 355. The molecule has 1 aliphatic carbocycles. The number of carbonyl (C=O) groups is 3. The molecule has 2 atom stereocenters. The molecular formula is C13H22N2O4. The predicted molar refractivity (Wildman–Crippen MR) is 69.3 cm³/mol. The minimum absolute atomic E-state index is 0.0569. The van der Waals surface area contributed by atoms with Crippen LogP contribution in [-0.2, 0) is 14.4 Å². The Morgan fingerprint density at radius 1 is 1.11 bits per heavy atom. The van der Waals surface area contributed by atoms with Gasteiger partial charge >= 0.3 is 5.97 Å². The van der Waals surface area contributed by atoms with E-state index in [1.807, 2.05) is 0 Å². The Kier molecular flexibility index (Phi) is 5.79. The second-order valence-electron chi connectivity index (χ2n) is 5.22. The molecule has 1 rings (SSSR count). The van der Waals surface area contributed by atoms with Crippen molar-refractivity contribution >= 4 is 17.8 Å². The molecule has 0 saturated heterocycles. The maximum absolute atomic E-state index is 11.9. The van der Waals surface area contributed by atoms with E-state index in [9.17, 15) is 14.4 Å². The Balaban J connectivity index is 2.28. The molecule has 0 aromatic rings. The van der Waals surface area contributed by atoms with E-state index < -0.39 is 17.8 Å². The number of amides is 2. The average molecular weight is 270 g/mol. The van der Waals surface area contributed by atoms with Gasteiger partial charge in [0.1, 0.15) is 0 Å². The zero-order chi connectivity index (χ0) is 14.4. The van der Waals surface area contributed by atoms with E-state index in [0.29, 0.717) is 25.9 Å². The van der Waals surface area contributed by atoms with Gasteiger partial charge in [-0.3, -0.25) is 14.4 Å². The fourth-order valence-corrected chi connectivity index (χ4v) is 2.28. The van der Waals surface area contributed by atoms with E-state index in [0.717, 1.165) is 6.42 Å². The molecule has 0 heterocycles. The van der Waals surface area contributed by atoms with Crippen LogP contribution in [0.15, 0.2) is 0 Å². The van der Waals surface area contributed by atoms with Crippen LogP contribution < -0.4 is 10.6 Å². The molecule has 2 unspecified atom stereocenters. The van der Waals surface area contributed by atoms with Crippen molar-refractivity contribution in [1.29, 1.82) is 0 Å². The van der Waals surface area contributed by atoms with Crippen LogP contribution in [-0.4, -0.2) is 36.0 Å². The molecule has 6 heteroatoms. The highest BCUT2D eigenvalue weighted by atomic mass is 16.4. The lowest BCUT2D eigenvalue weighted by Crippen LogP contribution is -2.40. The standard InChI is InChI=1S/C13H22N2O4/c1-8(2)11(16)14-6-7-15-12(17)9-4-3-5-10(9)13(18)19/h8-10H,3-7H2,1-2H3,(H,14,16)(H,15,17)(H,18,19). The molecule has 3 N–H and O–H groups in total. The molecule has 1 fully saturated rings. The highest BCUT2D eigenvalue weighted by molar-refractivity contribution is 5.85. The van der Waals surface area contributed by atoms with Gasteiger partial charge < -0.3 is 15.7 Å². The van der Waals surface area contributed by atoms with Gasteiger partial charge in [-0.05, 0) is 12.8 Å². The molecule has 19 heavy (non-hydrogen) atoms. The van der Waals surface area contributed by atoms with Crippen LogP contribution in [0.4, 0.5) is 0 Å². The largest absolute Gasteiger partial charge is 0.481 e. The van der Waals surface area contributed by atoms with Crippen LogP contribution in [0.3, 0.4) is 0 Å². The van der Waals surface area contributed by atoms with E-state index in [-0.39, 0.29) is 17.7 Å². The highest BCUT2D eigenvalue weighted by Gasteiger charge is 2.37. The molecule has 108 valence electrons. The zero-order valence-electron chi connectivity index (χ0n) is 11.4.